The van der Waals surface area contributed by atoms with E-state index in [9.17, 15) is 19.2 Å². The third-order valence-electron chi connectivity index (χ3n) is 7.83. The molecular formula is C36H42ClN5O7. The Morgan fingerprint density at radius 3 is 2.16 bits per heavy atom. The number of aryl methyl sites for hydroxylation is 1. The molecule has 0 atom stereocenters. The lowest BCUT2D eigenvalue weighted by Gasteiger charge is -2.37. The van der Waals surface area contributed by atoms with Gasteiger partial charge in [0.15, 0.2) is 22.7 Å². The van der Waals surface area contributed by atoms with E-state index in [0.29, 0.717) is 49.8 Å². The van der Waals surface area contributed by atoms with Gasteiger partial charge in [0, 0.05) is 62.1 Å². The first-order chi connectivity index (χ1) is 23.5. The maximum Gasteiger partial charge on any atom is 0.287 e. The number of benzene rings is 3. The van der Waals surface area contributed by atoms with Crippen molar-refractivity contribution >= 4 is 46.0 Å². The maximum atomic E-state index is 12.9. The first-order valence-corrected chi connectivity index (χ1v) is 16.1. The number of nitrogens with one attached hydrogen (secondary N) is 2. The van der Waals surface area contributed by atoms with Crippen molar-refractivity contribution in [1.82, 2.24) is 20.4 Å². The van der Waals surface area contributed by atoms with E-state index in [-0.39, 0.29) is 35.1 Å². The molecule has 3 aromatic carbocycles. The fourth-order valence-electron chi connectivity index (χ4n) is 5.11. The zero-order chi connectivity index (χ0) is 35.5. The van der Waals surface area contributed by atoms with Crippen LogP contribution in [0.4, 0.5) is 5.69 Å². The van der Waals surface area contributed by atoms with Gasteiger partial charge >= 0.3 is 0 Å². The van der Waals surface area contributed by atoms with Crippen molar-refractivity contribution in [1.29, 1.82) is 0 Å². The molecule has 2 heterocycles. The standard InChI is InChI=1S/C29H35N5O7.C7H7Cl/c1-32(2)10-9-30-28(37)19-7-5-6-8-21(19)33-11-13-34(14-12-33)27(36)18-31-29(38)26-16-22(35)20-15-24(39-3)25(40-4)17-23(20)41-26;1-6-2-4-7(8)5-3-6/h5-8,15-17H,9-14,18H2,1-4H3,(H,30,37)(H,31,38);2-5H,1H3. The smallest absolute Gasteiger partial charge is 0.287 e. The van der Waals surface area contributed by atoms with Gasteiger partial charge in [0.2, 0.25) is 5.91 Å². The number of halogens is 1. The van der Waals surface area contributed by atoms with Crippen LogP contribution >= 0.6 is 11.6 Å². The zero-order valence-electron chi connectivity index (χ0n) is 28.4. The van der Waals surface area contributed by atoms with Crippen LogP contribution in [0.1, 0.15) is 26.5 Å². The number of likely N-dealkylation sites (N-methyl/N-ethyl adjacent to an activating group) is 1. The molecule has 49 heavy (non-hydrogen) atoms. The van der Waals surface area contributed by atoms with Crippen LogP contribution in [0.3, 0.4) is 0 Å². The van der Waals surface area contributed by atoms with Crippen LogP contribution in [0, 0.1) is 6.92 Å². The van der Waals surface area contributed by atoms with Crippen molar-refractivity contribution in [3.63, 3.8) is 0 Å². The molecule has 1 fully saturated rings. The van der Waals surface area contributed by atoms with Crippen LogP contribution in [0.25, 0.3) is 11.0 Å². The van der Waals surface area contributed by atoms with Crippen molar-refractivity contribution in [3.8, 4) is 11.5 Å². The van der Waals surface area contributed by atoms with Crippen LogP contribution in [-0.2, 0) is 4.79 Å². The van der Waals surface area contributed by atoms with Gasteiger partial charge in [0.25, 0.3) is 11.8 Å². The van der Waals surface area contributed by atoms with Gasteiger partial charge in [-0.25, -0.2) is 0 Å². The minimum absolute atomic E-state index is 0.137. The van der Waals surface area contributed by atoms with Gasteiger partial charge in [-0.15, -0.1) is 0 Å². The van der Waals surface area contributed by atoms with Gasteiger partial charge in [0.05, 0.1) is 31.7 Å². The van der Waals surface area contributed by atoms with Crippen molar-refractivity contribution in [3.05, 3.63) is 98.9 Å². The molecule has 0 saturated carbocycles. The summed E-state index contributed by atoms with van der Waals surface area (Å²) in [6.07, 6.45) is 0. The van der Waals surface area contributed by atoms with E-state index in [4.69, 9.17) is 25.5 Å². The fraction of sp³-hybridized carbons (Fsp3) is 0.333. The molecule has 12 nitrogen and oxygen atoms in total. The number of methoxy groups -OCH3 is 2. The Hall–Kier alpha value is -5.07. The molecule has 1 aromatic heterocycles. The lowest BCUT2D eigenvalue weighted by Crippen LogP contribution is -2.51. The summed E-state index contributed by atoms with van der Waals surface area (Å²) in [5.41, 5.74) is 2.39. The number of ether oxygens (including phenoxy) is 2. The van der Waals surface area contributed by atoms with Gasteiger partial charge in [-0.1, -0.05) is 41.4 Å². The van der Waals surface area contributed by atoms with Crippen molar-refractivity contribution in [2.24, 2.45) is 0 Å². The zero-order valence-corrected chi connectivity index (χ0v) is 29.1. The summed E-state index contributed by atoms with van der Waals surface area (Å²) >= 11 is 5.61. The molecule has 0 aliphatic carbocycles. The maximum absolute atomic E-state index is 12.9. The van der Waals surface area contributed by atoms with Gasteiger partial charge in [-0.2, -0.15) is 0 Å². The second-order valence-electron chi connectivity index (χ2n) is 11.6. The Morgan fingerprint density at radius 2 is 1.53 bits per heavy atom. The number of hydrogen-bond donors (Lipinski definition) is 2. The summed E-state index contributed by atoms with van der Waals surface area (Å²) in [6, 6.07) is 19.2. The third-order valence-corrected chi connectivity index (χ3v) is 8.09. The summed E-state index contributed by atoms with van der Waals surface area (Å²) in [6.45, 7) is 4.99. The van der Waals surface area contributed by atoms with E-state index in [1.807, 2.05) is 68.4 Å². The van der Waals surface area contributed by atoms with Crippen LogP contribution in [0.2, 0.25) is 5.02 Å². The number of anilines is 1. The molecule has 0 spiro atoms. The molecule has 1 saturated heterocycles. The summed E-state index contributed by atoms with van der Waals surface area (Å²) in [7, 11) is 6.80. The van der Waals surface area contributed by atoms with Crippen LogP contribution < -0.4 is 30.4 Å². The fourth-order valence-corrected chi connectivity index (χ4v) is 5.23. The van der Waals surface area contributed by atoms with Crippen molar-refractivity contribution < 1.29 is 28.3 Å². The number of carbonyl (C=O) groups is 3. The van der Waals surface area contributed by atoms with Gasteiger partial charge in [-0.3, -0.25) is 19.2 Å². The average molecular weight is 692 g/mol. The molecule has 2 N–H and O–H groups in total. The summed E-state index contributed by atoms with van der Waals surface area (Å²) in [4.78, 5) is 56.7. The second-order valence-corrected chi connectivity index (χ2v) is 12.0. The van der Waals surface area contributed by atoms with Crippen LogP contribution in [0.5, 0.6) is 11.5 Å². The van der Waals surface area contributed by atoms with E-state index in [2.05, 4.69) is 15.5 Å². The number of carbonyl (C=O) groups excluding carboxylic acids is 3. The van der Waals surface area contributed by atoms with E-state index in [1.54, 1.807) is 11.0 Å². The molecule has 0 unspecified atom stereocenters. The topological polar surface area (TPSA) is 134 Å². The Labute approximate surface area is 290 Å². The Balaban J connectivity index is 0.000000592. The third kappa shape index (κ3) is 9.97. The highest BCUT2D eigenvalue weighted by Crippen LogP contribution is 2.31. The highest BCUT2D eigenvalue weighted by molar-refractivity contribution is 6.30. The van der Waals surface area contributed by atoms with Crippen LogP contribution in [0.15, 0.2) is 75.9 Å². The molecule has 0 bridgehead atoms. The molecule has 5 rings (SSSR count). The van der Waals surface area contributed by atoms with Gasteiger partial charge < -0.3 is 39.2 Å². The monoisotopic (exact) mass is 691 g/mol. The first-order valence-electron chi connectivity index (χ1n) is 15.8. The quantitative estimate of drug-likeness (QED) is 0.255. The van der Waals surface area contributed by atoms with E-state index in [0.717, 1.165) is 23.3 Å². The number of rotatable bonds is 10. The number of hydrogen-bond acceptors (Lipinski definition) is 9. The summed E-state index contributed by atoms with van der Waals surface area (Å²) in [5, 5.41) is 6.53. The lowest BCUT2D eigenvalue weighted by atomic mass is 10.1. The van der Waals surface area contributed by atoms with Crippen molar-refractivity contribution in [2.75, 3.05) is 79.0 Å². The molecule has 1 aliphatic rings. The molecule has 13 heteroatoms. The number of nitrogens with zero attached hydrogens (tertiary/aromatic N) is 3. The van der Waals surface area contributed by atoms with Crippen molar-refractivity contribution in [2.45, 2.75) is 6.92 Å². The van der Waals surface area contributed by atoms with Gasteiger partial charge in [0.1, 0.15) is 5.58 Å². The normalized spacial score (nSPS) is 12.6. The Morgan fingerprint density at radius 1 is 0.878 bits per heavy atom. The Bertz CT molecular complexity index is 1800. The summed E-state index contributed by atoms with van der Waals surface area (Å²) in [5.74, 6) is -0.582. The molecular weight excluding hydrogens is 650 g/mol. The number of para-hydroxylation sites is 1. The first kappa shape index (κ1) is 36.8. The largest absolute Gasteiger partial charge is 0.493 e. The van der Waals surface area contributed by atoms with E-state index >= 15 is 0 Å². The molecule has 4 aromatic rings. The minimum Gasteiger partial charge on any atom is -0.493 e. The predicted molar refractivity (Wildman–Crippen MR) is 190 cm³/mol. The van der Waals surface area contributed by atoms with E-state index < -0.39 is 11.3 Å². The molecule has 260 valence electrons. The minimum atomic E-state index is -0.681. The molecule has 3 amide bonds. The van der Waals surface area contributed by atoms with Gasteiger partial charge in [-0.05, 0) is 51.4 Å². The highest BCUT2D eigenvalue weighted by Gasteiger charge is 2.25. The second kappa shape index (κ2) is 17.4. The number of piperazine rings is 1. The predicted octanol–water partition coefficient (Wildman–Crippen LogP) is 3.83. The lowest BCUT2D eigenvalue weighted by molar-refractivity contribution is -0.130. The summed E-state index contributed by atoms with van der Waals surface area (Å²) < 4.78 is 16.1. The number of amides is 3. The van der Waals surface area contributed by atoms with E-state index in [1.165, 1.54) is 31.9 Å². The van der Waals surface area contributed by atoms with Crippen LogP contribution in [-0.4, -0.2) is 102 Å². The highest BCUT2D eigenvalue weighted by atomic mass is 35.5. The number of fused-ring (bicyclic) bond motifs is 1. The SMILES string of the molecule is COc1cc2oc(C(=O)NCC(=O)N3CCN(c4ccccc4C(=O)NCCN(C)C)CC3)cc(=O)c2cc1OC.Cc1ccc(Cl)cc1. The average Bonchev–Trinajstić information content (AvgIpc) is 3.11. The molecule has 0 radical (unpaired) electrons. The molecule has 1 aliphatic heterocycles. The Kier molecular flexibility index (Phi) is 13.0.